The summed E-state index contributed by atoms with van der Waals surface area (Å²) in [5.41, 5.74) is 1.72. The number of nitrogens with zero attached hydrogens (tertiary/aromatic N) is 3. The minimum atomic E-state index is -0.318. The number of carbonyl (C=O) groups is 1. The highest BCUT2D eigenvalue weighted by Gasteiger charge is 2.06. The number of benzene rings is 1. The van der Waals surface area contributed by atoms with Crippen LogP contribution in [0.15, 0.2) is 54.2 Å². The first kappa shape index (κ1) is 14.8. The number of methoxy groups -OCH3 is 1. The number of esters is 1. The average Bonchev–Trinajstić information content (AvgIpc) is 3.04. The van der Waals surface area contributed by atoms with Crippen LogP contribution in [0.2, 0.25) is 0 Å². The first-order chi connectivity index (χ1) is 10.3. The molecule has 0 amide bonds. The second-order valence-electron chi connectivity index (χ2n) is 4.30. The van der Waals surface area contributed by atoms with Gasteiger partial charge in [-0.15, -0.1) is 0 Å². The number of ether oxygens (including phenoxy) is 1. The molecule has 110 valence electrons. The van der Waals surface area contributed by atoms with E-state index in [9.17, 15) is 4.79 Å². The van der Waals surface area contributed by atoms with E-state index in [2.05, 4.69) is 14.9 Å². The van der Waals surface area contributed by atoms with E-state index in [1.54, 1.807) is 12.5 Å². The molecule has 21 heavy (non-hydrogen) atoms. The molecular weight excluding hydrogens is 270 g/mol. The highest BCUT2D eigenvalue weighted by molar-refractivity contribution is 6.00. The molecule has 1 aromatic heterocycles. The summed E-state index contributed by atoms with van der Waals surface area (Å²) in [5, 5.41) is 4.14. The van der Waals surface area contributed by atoms with E-state index in [1.165, 1.54) is 7.11 Å². The third kappa shape index (κ3) is 4.76. The van der Waals surface area contributed by atoms with Gasteiger partial charge in [0.25, 0.3) is 0 Å². The Morgan fingerprint density at radius 3 is 2.81 bits per heavy atom. The second kappa shape index (κ2) is 7.84. The van der Waals surface area contributed by atoms with E-state index >= 15 is 0 Å². The maximum Gasteiger partial charge on any atom is 0.309 e. The van der Waals surface area contributed by atoms with Gasteiger partial charge in [0.1, 0.15) is 12.3 Å². The van der Waals surface area contributed by atoms with Gasteiger partial charge >= 0.3 is 5.97 Å². The molecule has 0 saturated carbocycles. The molecule has 6 nitrogen and oxygen atoms in total. The van der Waals surface area contributed by atoms with Gasteiger partial charge in [0.2, 0.25) is 0 Å². The van der Waals surface area contributed by atoms with Crippen LogP contribution in [0.25, 0.3) is 0 Å². The lowest BCUT2D eigenvalue weighted by Gasteiger charge is -2.07. The molecule has 0 saturated heterocycles. The van der Waals surface area contributed by atoms with Crippen molar-refractivity contribution in [1.82, 2.24) is 9.55 Å². The fraction of sp³-hybridized carbons (Fsp3) is 0.267. The van der Waals surface area contributed by atoms with Crippen molar-refractivity contribution < 1.29 is 14.4 Å². The Bertz CT molecular complexity index is 579. The van der Waals surface area contributed by atoms with Gasteiger partial charge in [-0.1, -0.05) is 35.5 Å². The highest BCUT2D eigenvalue weighted by Crippen LogP contribution is 2.05. The van der Waals surface area contributed by atoms with Gasteiger partial charge < -0.3 is 14.1 Å². The monoisotopic (exact) mass is 287 g/mol. The van der Waals surface area contributed by atoms with E-state index in [0.29, 0.717) is 6.54 Å². The van der Waals surface area contributed by atoms with Crippen LogP contribution in [0.5, 0.6) is 0 Å². The highest BCUT2D eigenvalue weighted by atomic mass is 16.6. The molecule has 6 heteroatoms. The van der Waals surface area contributed by atoms with Gasteiger partial charge in [0.05, 0.1) is 26.4 Å². The fourth-order valence-corrected chi connectivity index (χ4v) is 1.71. The van der Waals surface area contributed by atoms with Crippen LogP contribution in [0.3, 0.4) is 0 Å². The minimum Gasteiger partial charge on any atom is -0.469 e. The van der Waals surface area contributed by atoms with Crippen molar-refractivity contribution in [2.24, 2.45) is 5.16 Å². The van der Waals surface area contributed by atoms with Gasteiger partial charge in [-0.3, -0.25) is 4.79 Å². The van der Waals surface area contributed by atoms with Crippen LogP contribution in [0.4, 0.5) is 0 Å². The summed E-state index contributed by atoms with van der Waals surface area (Å²) in [6.07, 6.45) is 5.45. The third-order valence-corrected chi connectivity index (χ3v) is 2.80. The van der Waals surface area contributed by atoms with Crippen LogP contribution in [-0.4, -0.2) is 34.9 Å². The van der Waals surface area contributed by atoms with Crippen molar-refractivity contribution >= 4 is 11.7 Å². The van der Waals surface area contributed by atoms with Crippen molar-refractivity contribution in [2.45, 2.75) is 13.0 Å². The molecule has 2 aromatic rings. The van der Waals surface area contributed by atoms with Gasteiger partial charge in [0, 0.05) is 18.0 Å². The van der Waals surface area contributed by atoms with Gasteiger partial charge in [-0.25, -0.2) is 4.98 Å². The number of aromatic nitrogens is 2. The Hall–Kier alpha value is -2.63. The van der Waals surface area contributed by atoms with Crippen molar-refractivity contribution in [3.8, 4) is 0 Å². The maximum atomic E-state index is 11.0. The molecule has 0 spiro atoms. The van der Waals surface area contributed by atoms with Crippen molar-refractivity contribution in [3.63, 3.8) is 0 Å². The maximum absolute atomic E-state index is 11.0. The Morgan fingerprint density at radius 1 is 1.33 bits per heavy atom. The third-order valence-electron chi connectivity index (χ3n) is 2.80. The predicted octanol–water partition coefficient (Wildman–Crippen LogP) is 1.87. The zero-order chi connectivity index (χ0) is 14.9. The molecule has 0 aliphatic heterocycles. The van der Waals surface area contributed by atoms with Gasteiger partial charge in [0.15, 0.2) is 0 Å². The van der Waals surface area contributed by atoms with Crippen LogP contribution < -0.4 is 0 Å². The number of oxime groups is 1. The van der Waals surface area contributed by atoms with Gasteiger partial charge in [-0.05, 0) is 0 Å². The largest absolute Gasteiger partial charge is 0.469 e. The summed E-state index contributed by atoms with van der Waals surface area (Å²) in [7, 11) is 1.35. The van der Waals surface area contributed by atoms with Crippen molar-refractivity contribution in [1.29, 1.82) is 0 Å². The van der Waals surface area contributed by atoms with E-state index in [1.807, 2.05) is 41.1 Å². The number of hydrogen-bond donors (Lipinski definition) is 0. The molecule has 1 heterocycles. The quantitative estimate of drug-likeness (QED) is 0.337. The standard InChI is InChI=1S/C15H17N3O3/c1-20-15(19)7-10-21-17-14(11-18-9-8-16-12-18)13-5-3-2-4-6-13/h2-6,8-9,12H,7,10-11H2,1H3/b17-14+. The first-order valence-corrected chi connectivity index (χ1v) is 6.56. The number of hydrogen-bond acceptors (Lipinski definition) is 5. The van der Waals surface area contributed by atoms with E-state index in [0.717, 1.165) is 11.3 Å². The number of carbonyl (C=O) groups excluding carboxylic acids is 1. The van der Waals surface area contributed by atoms with Gasteiger partial charge in [-0.2, -0.15) is 0 Å². The lowest BCUT2D eigenvalue weighted by atomic mass is 10.1. The second-order valence-corrected chi connectivity index (χ2v) is 4.30. The smallest absolute Gasteiger partial charge is 0.309 e. The van der Waals surface area contributed by atoms with E-state index in [4.69, 9.17) is 4.84 Å². The van der Waals surface area contributed by atoms with Crippen LogP contribution in [0, 0.1) is 0 Å². The molecule has 0 atom stereocenters. The summed E-state index contributed by atoms with van der Waals surface area (Å²) >= 11 is 0. The van der Waals surface area contributed by atoms with Crippen LogP contribution in [0.1, 0.15) is 12.0 Å². The Kier molecular flexibility index (Phi) is 5.51. The van der Waals surface area contributed by atoms with E-state index in [-0.39, 0.29) is 19.0 Å². The topological polar surface area (TPSA) is 65.7 Å². The molecule has 0 N–H and O–H groups in total. The summed E-state index contributed by atoms with van der Waals surface area (Å²) in [6, 6.07) is 9.73. The molecule has 0 bridgehead atoms. The fourth-order valence-electron chi connectivity index (χ4n) is 1.71. The number of imidazole rings is 1. The Labute approximate surface area is 123 Å². The molecule has 0 aliphatic carbocycles. The summed E-state index contributed by atoms with van der Waals surface area (Å²) in [4.78, 5) is 20.3. The average molecular weight is 287 g/mol. The Morgan fingerprint density at radius 2 is 2.14 bits per heavy atom. The predicted molar refractivity (Wildman–Crippen MR) is 77.8 cm³/mol. The minimum absolute atomic E-state index is 0.174. The van der Waals surface area contributed by atoms with Crippen molar-refractivity contribution in [2.75, 3.05) is 13.7 Å². The summed E-state index contributed by atoms with van der Waals surface area (Å²) < 4.78 is 6.45. The zero-order valence-corrected chi connectivity index (χ0v) is 11.8. The summed E-state index contributed by atoms with van der Waals surface area (Å²) in [6.45, 7) is 0.731. The normalized spacial score (nSPS) is 11.2. The molecule has 0 unspecified atom stereocenters. The van der Waals surface area contributed by atoms with Crippen molar-refractivity contribution in [3.05, 3.63) is 54.6 Å². The molecule has 2 rings (SSSR count). The SMILES string of the molecule is COC(=O)CCO/N=C(\Cn1ccnc1)c1ccccc1. The zero-order valence-electron chi connectivity index (χ0n) is 11.8. The molecule has 0 fully saturated rings. The Balaban J connectivity index is 2.03. The van der Waals surface area contributed by atoms with E-state index < -0.39 is 0 Å². The molecule has 1 aromatic carbocycles. The lowest BCUT2D eigenvalue weighted by Crippen LogP contribution is -2.12. The van der Waals surface area contributed by atoms with Crippen LogP contribution >= 0.6 is 0 Å². The summed E-state index contributed by atoms with van der Waals surface area (Å²) in [5.74, 6) is -0.318. The first-order valence-electron chi connectivity index (χ1n) is 6.56. The van der Waals surface area contributed by atoms with Crippen LogP contribution in [-0.2, 0) is 20.9 Å². The number of rotatable bonds is 7. The molecule has 0 radical (unpaired) electrons. The molecular formula is C15H17N3O3. The molecule has 0 aliphatic rings. The lowest BCUT2D eigenvalue weighted by molar-refractivity contribution is -0.141.